The van der Waals surface area contributed by atoms with Crippen molar-refractivity contribution < 1.29 is 5.11 Å². The van der Waals surface area contributed by atoms with Gasteiger partial charge in [0.1, 0.15) is 0 Å². The fourth-order valence-electron chi connectivity index (χ4n) is 2.01. The number of nitrogens with two attached hydrogens (primary N) is 1. The summed E-state index contributed by atoms with van der Waals surface area (Å²) < 4.78 is 0. The summed E-state index contributed by atoms with van der Waals surface area (Å²) in [7, 11) is 1.96. The summed E-state index contributed by atoms with van der Waals surface area (Å²) in [5.41, 5.74) is 5.06. The van der Waals surface area contributed by atoms with Crippen LogP contribution in [0.25, 0.3) is 0 Å². The molecular weight excluding hydrogens is 196 g/mol. The van der Waals surface area contributed by atoms with Crippen molar-refractivity contribution in [2.24, 2.45) is 5.73 Å². The van der Waals surface area contributed by atoms with Crippen LogP contribution in [0, 0.1) is 0 Å². The van der Waals surface area contributed by atoms with Crippen molar-refractivity contribution in [2.45, 2.75) is 44.2 Å². The van der Waals surface area contributed by atoms with Crippen LogP contribution in [-0.2, 0) is 0 Å². The number of thiocarbonyl (C=S) groups is 1. The minimum Gasteiger partial charge on any atom is -0.392 e. The Morgan fingerprint density at radius 3 is 2.50 bits per heavy atom. The highest BCUT2D eigenvalue weighted by Crippen LogP contribution is 2.30. The molecule has 3 nitrogen and oxygen atoms in total. The van der Waals surface area contributed by atoms with E-state index in [0.29, 0.717) is 11.5 Å². The third-order valence-corrected chi connectivity index (χ3v) is 3.49. The van der Waals surface area contributed by atoms with Crippen molar-refractivity contribution >= 4 is 17.2 Å². The van der Waals surface area contributed by atoms with Crippen LogP contribution in [0.15, 0.2) is 0 Å². The Morgan fingerprint density at radius 2 is 2.07 bits per heavy atom. The molecule has 0 aliphatic heterocycles. The van der Waals surface area contributed by atoms with Crippen molar-refractivity contribution in [1.29, 1.82) is 0 Å². The largest absolute Gasteiger partial charge is 0.392 e. The molecule has 0 radical (unpaired) electrons. The van der Waals surface area contributed by atoms with Crippen LogP contribution in [0.4, 0.5) is 0 Å². The normalized spacial score (nSPS) is 22.6. The zero-order valence-corrected chi connectivity index (χ0v) is 9.81. The van der Waals surface area contributed by atoms with Gasteiger partial charge < -0.3 is 10.8 Å². The van der Waals surface area contributed by atoms with Crippen LogP contribution in [0.3, 0.4) is 0 Å². The molecule has 1 aliphatic carbocycles. The summed E-state index contributed by atoms with van der Waals surface area (Å²) in [4.78, 5) is 2.53. The van der Waals surface area contributed by atoms with Gasteiger partial charge in [0.25, 0.3) is 0 Å². The predicted octanol–water partition coefficient (Wildman–Crippen LogP) is 0.898. The molecule has 0 bridgehead atoms. The maximum atomic E-state index is 10.2. The van der Waals surface area contributed by atoms with Crippen LogP contribution < -0.4 is 5.73 Å². The van der Waals surface area contributed by atoms with Gasteiger partial charge in [0, 0.05) is 6.54 Å². The molecule has 1 atom stereocenters. The second-order valence-electron chi connectivity index (χ2n) is 4.42. The average Bonchev–Trinajstić information content (AvgIpc) is 2.50. The quantitative estimate of drug-likeness (QED) is 0.686. The Morgan fingerprint density at radius 1 is 1.57 bits per heavy atom. The monoisotopic (exact) mass is 216 g/mol. The molecule has 1 aliphatic rings. The van der Waals surface area contributed by atoms with Gasteiger partial charge in [-0.25, -0.2) is 0 Å². The third-order valence-electron chi connectivity index (χ3n) is 3.15. The number of rotatable bonds is 4. The van der Waals surface area contributed by atoms with E-state index >= 15 is 0 Å². The van der Waals surface area contributed by atoms with Gasteiger partial charge in [-0.1, -0.05) is 25.1 Å². The Balaban J connectivity index is 2.46. The highest BCUT2D eigenvalue weighted by Gasteiger charge is 2.33. The predicted molar refractivity (Wildman–Crippen MR) is 62.3 cm³/mol. The molecule has 0 aromatic rings. The fraction of sp³-hybridized carbons (Fsp3) is 0.900. The Hall–Kier alpha value is -0.190. The molecular formula is C10H20N2OS. The summed E-state index contributed by atoms with van der Waals surface area (Å²) in [6.07, 6.45) is 4.07. The fourth-order valence-corrected chi connectivity index (χ4v) is 2.19. The molecule has 1 saturated carbocycles. The van der Waals surface area contributed by atoms with Gasteiger partial charge in [0.15, 0.2) is 0 Å². The molecule has 3 N–H and O–H groups in total. The van der Waals surface area contributed by atoms with Gasteiger partial charge in [-0.05, 0) is 26.8 Å². The smallest absolute Gasteiger partial charge is 0.0899 e. The number of hydrogen-bond donors (Lipinski definition) is 2. The van der Waals surface area contributed by atoms with E-state index in [4.69, 9.17) is 18.0 Å². The van der Waals surface area contributed by atoms with Crippen LogP contribution in [0.2, 0.25) is 0 Å². The van der Waals surface area contributed by atoms with E-state index in [1.807, 2.05) is 18.9 Å². The molecule has 1 fully saturated rings. The number of nitrogens with zero attached hydrogens (tertiary/aromatic N) is 1. The first-order valence-corrected chi connectivity index (χ1v) is 5.57. The van der Waals surface area contributed by atoms with Gasteiger partial charge in [-0.2, -0.15) is 0 Å². The Bertz CT molecular complexity index is 214. The summed E-state index contributed by atoms with van der Waals surface area (Å²) >= 11 is 4.93. The highest BCUT2D eigenvalue weighted by atomic mass is 32.1. The van der Waals surface area contributed by atoms with Crippen molar-refractivity contribution in [3.05, 3.63) is 0 Å². The second-order valence-corrected chi connectivity index (χ2v) is 4.90. The van der Waals surface area contributed by atoms with Crippen LogP contribution in [-0.4, -0.2) is 40.2 Å². The van der Waals surface area contributed by atoms with Crippen LogP contribution in [0.1, 0.15) is 32.6 Å². The highest BCUT2D eigenvalue weighted by molar-refractivity contribution is 7.80. The molecule has 1 rings (SSSR count). The Labute approximate surface area is 91.3 Å². The lowest BCUT2D eigenvalue weighted by atomic mass is 10.0. The zero-order chi connectivity index (χ0) is 10.8. The maximum absolute atomic E-state index is 10.2. The van der Waals surface area contributed by atoms with Crippen molar-refractivity contribution in [2.75, 3.05) is 13.6 Å². The summed E-state index contributed by atoms with van der Waals surface area (Å²) in [6, 6.07) is 0.0645. The molecule has 0 spiro atoms. The SMILES string of the molecule is CC(C(N)=S)N(C)CC1(O)CCCC1. The first kappa shape index (κ1) is 11.9. The summed E-state index contributed by atoms with van der Waals surface area (Å²) in [6.45, 7) is 2.64. The van der Waals surface area contributed by atoms with Gasteiger partial charge in [-0.3, -0.25) is 4.90 Å². The molecule has 0 saturated heterocycles. The molecule has 0 amide bonds. The van der Waals surface area contributed by atoms with Crippen LogP contribution >= 0.6 is 12.2 Å². The topological polar surface area (TPSA) is 49.5 Å². The summed E-state index contributed by atoms with van der Waals surface area (Å²) in [5.74, 6) is 0. The number of hydrogen-bond acceptors (Lipinski definition) is 3. The van der Waals surface area contributed by atoms with E-state index in [1.54, 1.807) is 0 Å². The molecule has 4 heteroatoms. The van der Waals surface area contributed by atoms with Gasteiger partial charge in [0.2, 0.25) is 0 Å². The lowest BCUT2D eigenvalue weighted by Crippen LogP contribution is -2.47. The lowest BCUT2D eigenvalue weighted by Gasteiger charge is -2.32. The van der Waals surface area contributed by atoms with Crippen molar-refractivity contribution in [1.82, 2.24) is 4.90 Å². The number of likely N-dealkylation sites (N-methyl/N-ethyl adjacent to an activating group) is 1. The van der Waals surface area contributed by atoms with Gasteiger partial charge >= 0.3 is 0 Å². The van der Waals surface area contributed by atoms with Crippen molar-refractivity contribution in [3.8, 4) is 0 Å². The van der Waals surface area contributed by atoms with E-state index in [2.05, 4.69) is 0 Å². The number of aliphatic hydroxyl groups is 1. The third kappa shape index (κ3) is 2.90. The first-order chi connectivity index (χ1) is 6.44. The van der Waals surface area contributed by atoms with Crippen LogP contribution in [0.5, 0.6) is 0 Å². The Kier molecular flexibility index (Phi) is 3.86. The van der Waals surface area contributed by atoms with E-state index in [9.17, 15) is 5.11 Å². The summed E-state index contributed by atoms with van der Waals surface area (Å²) in [5, 5.41) is 10.2. The van der Waals surface area contributed by atoms with E-state index in [-0.39, 0.29) is 6.04 Å². The average molecular weight is 216 g/mol. The first-order valence-electron chi connectivity index (χ1n) is 5.16. The standard InChI is InChI=1S/C10H20N2OS/c1-8(9(11)14)12(2)7-10(13)5-3-4-6-10/h8,13H,3-7H2,1-2H3,(H2,11,14). The lowest BCUT2D eigenvalue weighted by molar-refractivity contribution is 0.0134. The second kappa shape index (κ2) is 4.55. The van der Waals surface area contributed by atoms with Gasteiger partial charge in [-0.15, -0.1) is 0 Å². The minimum atomic E-state index is -0.506. The minimum absolute atomic E-state index is 0.0645. The maximum Gasteiger partial charge on any atom is 0.0899 e. The van der Waals surface area contributed by atoms with E-state index in [0.717, 1.165) is 25.7 Å². The molecule has 82 valence electrons. The van der Waals surface area contributed by atoms with Gasteiger partial charge in [0.05, 0.1) is 16.6 Å². The molecule has 0 aromatic carbocycles. The molecule has 0 aromatic heterocycles. The zero-order valence-electron chi connectivity index (χ0n) is 8.99. The molecule has 1 unspecified atom stereocenters. The molecule has 0 heterocycles. The molecule has 14 heavy (non-hydrogen) atoms. The van der Waals surface area contributed by atoms with E-state index in [1.165, 1.54) is 0 Å². The van der Waals surface area contributed by atoms with Crippen molar-refractivity contribution in [3.63, 3.8) is 0 Å². The van der Waals surface area contributed by atoms with E-state index < -0.39 is 5.60 Å².